The summed E-state index contributed by atoms with van der Waals surface area (Å²) in [6, 6.07) is 14.0. The van der Waals surface area contributed by atoms with Gasteiger partial charge in [0.25, 0.3) is 0 Å². The molecule has 0 unspecified atom stereocenters. The topological polar surface area (TPSA) is 40.5 Å². The van der Waals surface area contributed by atoms with Crippen molar-refractivity contribution in [1.82, 2.24) is 0 Å². The Morgan fingerprint density at radius 2 is 1.12 bits per heavy atom. The van der Waals surface area contributed by atoms with Crippen LogP contribution in [0.15, 0.2) is 48.5 Å². The standard InChI is InChI=1S/C14H13ClO2/c15-9-14(10-1-5-12(16)6-2-10)11-3-7-13(17)8-4-11/h1-8,14,16-17H,9H2. The van der Waals surface area contributed by atoms with Gasteiger partial charge >= 0.3 is 0 Å². The van der Waals surface area contributed by atoms with Gasteiger partial charge in [-0.2, -0.15) is 0 Å². The quantitative estimate of drug-likeness (QED) is 0.817. The maximum absolute atomic E-state index is 9.25. The van der Waals surface area contributed by atoms with Crippen LogP contribution in [0, 0.1) is 0 Å². The zero-order valence-electron chi connectivity index (χ0n) is 9.18. The second-order valence-corrected chi connectivity index (χ2v) is 4.20. The molecule has 2 nitrogen and oxygen atoms in total. The Morgan fingerprint density at radius 1 is 0.765 bits per heavy atom. The summed E-state index contributed by atoms with van der Waals surface area (Å²) < 4.78 is 0. The van der Waals surface area contributed by atoms with Crippen LogP contribution in [-0.4, -0.2) is 16.1 Å². The van der Waals surface area contributed by atoms with Crippen molar-refractivity contribution in [3.8, 4) is 11.5 Å². The fraction of sp³-hybridized carbons (Fsp3) is 0.143. The number of hydrogen-bond donors (Lipinski definition) is 2. The minimum Gasteiger partial charge on any atom is -0.508 e. The summed E-state index contributed by atoms with van der Waals surface area (Å²) in [4.78, 5) is 0. The number of phenolic OH excluding ortho intramolecular Hbond substituents is 2. The highest BCUT2D eigenvalue weighted by Gasteiger charge is 2.12. The third kappa shape index (κ3) is 2.71. The predicted octanol–water partition coefficient (Wildman–Crippen LogP) is 3.47. The number of alkyl halides is 1. The van der Waals surface area contributed by atoms with Crippen LogP contribution in [0.4, 0.5) is 0 Å². The number of benzene rings is 2. The first-order valence-electron chi connectivity index (χ1n) is 5.34. The summed E-state index contributed by atoms with van der Waals surface area (Å²) >= 11 is 5.99. The molecule has 0 aliphatic rings. The van der Waals surface area contributed by atoms with Crippen LogP contribution < -0.4 is 0 Å². The van der Waals surface area contributed by atoms with E-state index in [1.807, 2.05) is 24.3 Å². The Hall–Kier alpha value is -1.67. The van der Waals surface area contributed by atoms with Gasteiger partial charge in [-0.3, -0.25) is 0 Å². The molecule has 2 aromatic carbocycles. The van der Waals surface area contributed by atoms with Crippen LogP contribution in [0.5, 0.6) is 11.5 Å². The highest BCUT2D eigenvalue weighted by atomic mass is 35.5. The molecule has 2 aromatic rings. The fourth-order valence-corrected chi connectivity index (χ4v) is 2.14. The molecule has 0 saturated carbocycles. The van der Waals surface area contributed by atoms with Gasteiger partial charge in [-0.1, -0.05) is 24.3 Å². The third-order valence-corrected chi connectivity index (χ3v) is 3.05. The Labute approximate surface area is 105 Å². The Balaban J connectivity index is 2.33. The molecule has 0 aromatic heterocycles. The number of hydrogen-bond acceptors (Lipinski definition) is 2. The van der Waals surface area contributed by atoms with Gasteiger partial charge in [-0.25, -0.2) is 0 Å². The van der Waals surface area contributed by atoms with Gasteiger partial charge in [-0.15, -0.1) is 11.6 Å². The molecule has 0 saturated heterocycles. The smallest absolute Gasteiger partial charge is 0.115 e. The summed E-state index contributed by atoms with van der Waals surface area (Å²) in [6.07, 6.45) is 0. The summed E-state index contributed by atoms with van der Waals surface area (Å²) in [5, 5.41) is 18.5. The fourth-order valence-electron chi connectivity index (χ4n) is 1.78. The van der Waals surface area contributed by atoms with Crippen LogP contribution in [0.2, 0.25) is 0 Å². The van der Waals surface area contributed by atoms with Crippen LogP contribution >= 0.6 is 11.6 Å². The summed E-state index contributed by atoms with van der Waals surface area (Å²) in [5.41, 5.74) is 2.09. The van der Waals surface area contributed by atoms with Crippen molar-refractivity contribution in [2.24, 2.45) is 0 Å². The molecule has 2 N–H and O–H groups in total. The van der Waals surface area contributed by atoms with Crippen molar-refractivity contribution >= 4 is 11.6 Å². The highest BCUT2D eigenvalue weighted by molar-refractivity contribution is 6.18. The van der Waals surface area contributed by atoms with Crippen molar-refractivity contribution in [1.29, 1.82) is 0 Å². The molecule has 0 bridgehead atoms. The molecule has 2 rings (SSSR count). The largest absolute Gasteiger partial charge is 0.508 e. The zero-order valence-corrected chi connectivity index (χ0v) is 9.93. The highest BCUT2D eigenvalue weighted by Crippen LogP contribution is 2.28. The molecule has 0 spiro atoms. The Morgan fingerprint density at radius 3 is 1.41 bits per heavy atom. The molecular formula is C14H13ClO2. The van der Waals surface area contributed by atoms with Crippen molar-refractivity contribution in [2.45, 2.75) is 5.92 Å². The second kappa shape index (κ2) is 5.11. The lowest BCUT2D eigenvalue weighted by atomic mass is 9.93. The second-order valence-electron chi connectivity index (χ2n) is 3.89. The predicted molar refractivity (Wildman–Crippen MR) is 68.8 cm³/mol. The van der Waals surface area contributed by atoms with E-state index in [2.05, 4.69) is 0 Å². The lowest BCUT2D eigenvalue weighted by Gasteiger charge is -2.15. The number of phenols is 2. The molecule has 88 valence electrons. The van der Waals surface area contributed by atoms with Crippen molar-refractivity contribution in [2.75, 3.05) is 5.88 Å². The van der Waals surface area contributed by atoms with Crippen LogP contribution in [0.3, 0.4) is 0 Å². The molecule has 3 heteroatoms. The van der Waals surface area contributed by atoms with E-state index in [9.17, 15) is 10.2 Å². The molecule has 0 amide bonds. The van der Waals surface area contributed by atoms with Gasteiger partial charge in [0.1, 0.15) is 11.5 Å². The first-order valence-corrected chi connectivity index (χ1v) is 5.88. The number of aromatic hydroxyl groups is 2. The van der Waals surface area contributed by atoms with E-state index in [1.165, 1.54) is 0 Å². The van der Waals surface area contributed by atoms with E-state index in [4.69, 9.17) is 11.6 Å². The number of rotatable bonds is 3. The average Bonchev–Trinajstić information content (AvgIpc) is 2.35. The minimum atomic E-state index is 0.0675. The van der Waals surface area contributed by atoms with Crippen LogP contribution in [0.1, 0.15) is 17.0 Å². The van der Waals surface area contributed by atoms with Gasteiger partial charge in [0.05, 0.1) is 0 Å². The van der Waals surface area contributed by atoms with E-state index >= 15 is 0 Å². The first-order chi connectivity index (χ1) is 8.20. The molecule has 0 atom stereocenters. The van der Waals surface area contributed by atoms with Crippen molar-refractivity contribution in [3.63, 3.8) is 0 Å². The van der Waals surface area contributed by atoms with Crippen molar-refractivity contribution < 1.29 is 10.2 Å². The summed E-state index contributed by atoms with van der Waals surface area (Å²) in [5.74, 6) is 1.01. The van der Waals surface area contributed by atoms with Crippen LogP contribution in [-0.2, 0) is 0 Å². The van der Waals surface area contributed by atoms with Crippen LogP contribution in [0.25, 0.3) is 0 Å². The molecule has 0 aliphatic carbocycles. The molecule has 0 aliphatic heterocycles. The van der Waals surface area contributed by atoms with E-state index < -0.39 is 0 Å². The van der Waals surface area contributed by atoms with Gasteiger partial charge in [0.2, 0.25) is 0 Å². The summed E-state index contributed by atoms with van der Waals surface area (Å²) in [6.45, 7) is 0. The van der Waals surface area contributed by atoms with E-state index in [1.54, 1.807) is 24.3 Å². The first kappa shape index (κ1) is 11.8. The van der Waals surface area contributed by atoms with Gasteiger partial charge in [-0.05, 0) is 35.4 Å². The maximum Gasteiger partial charge on any atom is 0.115 e. The molecule has 0 radical (unpaired) electrons. The van der Waals surface area contributed by atoms with Gasteiger partial charge < -0.3 is 10.2 Å². The lowest BCUT2D eigenvalue weighted by Crippen LogP contribution is -2.02. The maximum atomic E-state index is 9.25. The van der Waals surface area contributed by atoms with Crippen molar-refractivity contribution in [3.05, 3.63) is 59.7 Å². The third-order valence-electron chi connectivity index (χ3n) is 2.75. The van der Waals surface area contributed by atoms with E-state index in [0.717, 1.165) is 11.1 Å². The lowest BCUT2D eigenvalue weighted by molar-refractivity contribution is 0.475. The normalized spacial score (nSPS) is 10.7. The zero-order chi connectivity index (χ0) is 12.3. The van der Waals surface area contributed by atoms with E-state index in [-0.39, 0.29) is 17.4 Å². The van der Waals surface area contributed by atoms with Gasteiger partial charge in [0.15, 0.2) is 0 Å². The molecule has 17 heavy (non-hydrogen) atoms. The monoisotopic (exact) mass is 248 g/mol. The van der Waals surface area contributed by atoms with Gasteiger partial charge in [0, 0.05) is 11.8 Å². The SMILES string of the molecule is Oc1ccc(C(CCl)c2ccc(O)cc2)cc1. The average molecular weight is 249 g/mol. The number of halogens is 1. The Kier molecular flexibility index (Phi) is 3.55. The Bertz CT molecular complexity index is 431. The van der Waals surface area contributed by atoms with E-state index in [0.29, 0.717) is 5.88 Å². The molecular weight excluding hydrogens is 236 g/mol. The summed E-state index contributed by atoms with van der Waals surface area (Å²) in [7, 11) is 0. The molecule has 0 heterocycles. The molecule has 0 fully saturated rings. The minimum absolute atomic E-state index is 0.0675.